The normalized spacial score (nSPS) is 33.4. The average molecular weight is 224 g/mol. The Morgan fingerprint density at radius 2 is 1.88 bits per heavy atom. The van der Waals surface area contributed by atoms with Gasteiger partial charge in [0.2, 0.25) is 0 Å². The Morgan fingerprint density at radius 3 is 2.50 bits per heavy atom. The monoisotopic (exact) mass is 224 g/mol. The Hall–Kier alpha value is -0.0800. The van der Waals surface area contributed by atoms with Crippen LogP contribution in [-0.2, 0) is 0 Å². The summed E-state index contributed by atoms with van der Waals surface area (Å²) in [5, 5.41) is 3.32. The molecular weight excluding hydrogens is 196 g/mol. The third kappa shape index (κ3) is 2.78. The van der Waals surface area contributed by atoms with Crippen LogP contribution in [-0.4, -0.2) is 37.6 Å². The van der Waals surface area contributed by atoms with Crippen LogP contribution >= 0.6 is 0 Å². The molecule has 94 valence electrons. The number of hydrogen-bond acceptors (Lipinski definition) is 2. The Bertz CT molecular complexity index is 197. The molecule has 2 aliphatic rings. The second-order valence-electron chi connectivity index (χ2n) is 5.70. The highest BCUT2D eigenvalue weighted by atomic mass is 15.2. The van der Waals surface area contributed by atoms with Gasteiger partial charge in [-0.1, -0.05) is 19.8 Å². The van der Waals surface area contributed by atoms with E-state index in [2.05, 4.69) is 24.2 Å². The molecule has 2 heteroatoms. The Kier molecular flexibility index (Phi) is 4.66. The SMILES string of the molecule is CCC1CCCC1N1CCC(CNC)CC1. The van der Waals surface area contributed by atoms with E-state index in [-0.39, 0.29) is 0 Å². The molecule has 1 aliphatic heterocycles. The first-order chi connectivity index (χ1) is 7.85. The van der Waals surface area contributed by atoms with E-state index < -0.39 is 0 Å². The van der Waals surface area contributed by atoms with Gasteiger partial charge in [0.25, 0.3) is 0 Å². The fourth-order valence-electron chi connectivity index (χ4n) is 3.75. The summed E-state index contributed by atoms with van der Waals surface area (Å²) < 4.78 is 0. The molecule has 2 rings (SSSR count). The van der Waals surface area contributed by atoms with E-state index in [9.17, 15) is 0 Å². The molecule has 2 atom stereocenters. The van der Waals surface area contributed by atoms with Crippen molar-refractivity contribution in [2.24, 2.45) is 11.8 Å². The van der Waals surface area contributed by atoms with E-state index in [0.717, 1.165) is 17.9 Å². The van der Waals surface area contributed by atoms with Gasteiger partial charge >= 0.3 is 0 Å². The average Bonchev–Trinajstić information content (AvgIpc) is 2.78. The van der Waals surface area contributed by atoms with Crippen LogP contribution in [0.5, 0.6) is 0 Å². The Labute approximate surface area is 101 Å². The van der Waals surface area contributed by atoms with Crippen LogP contribution < -0.4 is 5.32 Å². The van der Waals surface area contributed by atoms with Gasteiger partial charge in [0, 0.05) is 6.04 Å². The zero-order valence-electron chi connectivity index (χ0n) is 11.0. The van der Waals surface area contributed by atoms with Crippen molar-refractivity contribution in [3.05, 3.63) is 0 Å². The molecule has 1 saturated heterocycles. The van der Waals surface area contributed by atoms with E-state index in [1.165, 1.54) is 58.2 Å². The smallest absolute Gasteiger partial charge is 0.0123 e. The standard InChI is InChI=1S/C14H28N2/c1-3-13-5-4-6-14(13)16-9-7-12(8-10-16)11-15-2/h12-15H,3-11H2,1-2H3. The van der Waals surface area contributed by atoms with Crippen LogP contribution in [0.25, 0.3) is 0 Å². The summed E-state index contributed by atoms with van der Waals surface area (Å²) >= 11 is 0. The molecule has 2 unspecified atom stereocenters. The molecule has 1 N–H and O–H groups in total. The molecule has 2 fully saturated rings. The van der Waals surface area contributed by atoms with E-state index >= 15 is 0 Å². The van der Waals surface area contributed by atoms with Crippen LogP contribution in [0, 0.1) is 11.8 Å². The molecule has 0 aromatic rings. The molecule has 0 aromatic carbocycles. The van der Waals surface area contributed by atoms with Crippen molar-refractivity contribution in [2.75, 3.05) is 26.7 Å². The summed E-state index contributed by atoms with van der Waals surface area (Å²) in [5.41, 5.74) is 0. The lowest BCUT2D eigenvalue weighted by molar-refractivity contribution is 0.107. The molecular formula is C14H28N2. The first-order valence-corrected chi connectivity index (χ1v) is 7.23. The Balaban J connectivity index is 1.79. The van der Waals surface area contributed by atoms with E-state index in [1.54, 1.807) is 0 Å². The number of nitrogens with one attached hydrogen (secondary N) is 1. The summed E-state index contributed by atoms with van der Waals surface area (Å²) in [6, 6.07) is 0.931. The molecule has 0 amide bonds. The zero-order chi connectivity index (χ0) is 11.4. The minimum absolute atomic E-state index is 0.931. The third-order valence-corrected chi connectivity index (χ3v) is 4.75. The second kappa shape index (κ2) is 6.02. The minimum atomic E-state index is 0.931. The molecule has 0 bridgehead atoms. The van der Waals surface area contributed by atoms with E-state index in [1.807, 2.05) is 0 Å². The fraction of sp³-hybridized carbons (Fsp3) is 1.00. The summed E-state index contributed by atoms with van der Waals surface area (Å²) in [5.74, 6) is 1.93. The lowest BCUT2D eigenvalue weighted by Gasteiger charge is -2.38. The van der Waals surface area contributed by atoms with Gasteiger partial charge in [0.05, 0.1) is 0 Å². The molecule has 0 aromatic heterocycles. The molecule has 16 heavy (non-hydrogen) atoms. The van der Waals surface area contributed by atoms with Gasteiger partial charge in [0.15, 0.2) is 0 Å². The molecule has 1 saturated carbocycles. The fourth-order valence-corrected chi connectivity index (χ4v) is 3.75. The number of piperidine rings is 1. The molecule has 0 radical (unpaired) electrons. The van der Waals surface area contributed by atoms with Gasteiger partial charge < -0.3 is 10.2 Å². The van der Waals surface area contributed by atoms with E-state index in [0.29, 0.717) is 0 Å². The van der Waals surface area contributed by atoms with Crippen LogP contribution in [0.1, 0.15) is 45.4 Å². The maximum Gasteiger partial charge on any atom is 0.0123 e. The Morgan fingerprint density at radius 1 is 1.12 bits per heavy atom. The van der Waals surface area contributed by atoms with Crippen LogP contribution in [0.3, 0.4) is 0 Å². The summed E-state index contributed by atoms with van der Waals surface area (Å²) in [4.78, 5) is 2.80. The van der Waals surface area contributed by atoms with Gasteiger partial charge in [-0.05, 0) is 64.2 Å². The van der Waals surface area contributed by atoms with Gasteiger partial charge in [0.1, 0.15) is 0 Å². The lowest BCUT2D eigenvalue weighted by Crippen LogP contribution is -2.44. The van der Waals surface area contributed by atoms with Crippen molar-refractivity contribution >= 4 is 0 Å². The summed E-state index contributed by atoms with van der Waals surface area (Å²) in [6.07, 6.45) is 8.63. The zero-order valence-corrected chi connectivity index (χ0v) is 11.0. The maximum atomic E-state index is 3.32. The van der Waals surface area contributed by atoms with Crippen molar-refractivity contribution < 1.29 is 0 Å². The molecule has 0 spiro atoms. The minimum Gasteiger partial charge on any atom is -0.319 e. The highest BCUT2D eigenvalue weighted by Gasteiger charge is 2.32. The van der Waals surface area contributed by atoms with Gasteiger partial charge in [-0.15, -0.1) is 0 Å². The number of nitrogens with zero attached hydrogens (tertiary/aromatic N) is 1. The topological polar surface area (TPSA) is 15.3 Å². The lowest BCUT2D eigenvalue weighted by atomic mass is 9.92. The van der Waals surface area contributed by atoms with Gasteiger partial charge in [-0.25, -0.2) is 0 Å². The van der Waals surface area contributed by atoms with Crippen molar-refractivity contribution in [1.29, 1.82) is 0 Å². The van der Waals surface area contributed by atoms with Gasteiger partial charge in [-0.3, -0.25) is 0 Å². The molecule has 1 aliphatic carbocycles. The van der Waals surface area contributed by atoms with Crippen molar-refractivity contribution in [1.82, 2.24) is 10.2 Å². The van der Waals surface area contributed by atoms with Crippen LogP contribution in [0.15, 0.2) is 0 Å². The first-order valence-electron chi connectivity index (χ1n) is 7.23. The van der Waals surface area contributed by atoms with E-state index in [4.69, 9.17) is 0 Å². The summed E-state index contributed by atoms with van der Waals surface area (Å²) in [6.45, 7) is 6.30. The molecule has 2 nitrogen and oxygen atoms in total. The number of likely N-dealkylation sites (tertiary alicyclic amines) is 1. The third-order valence-electron chi connectivity index (χ3n) is 4.75. The van der Waals surface area contributed by atoms with Crippen molar-refractivity contribution in [3.63, 3.8) is 0 Å². The predicted octanol–water partition coefficient (Wildman–Crippen LogP) is 2.50. The first kappa shape index (κ1) is 12.4. The summed E-state index contributed by atoms with van der Waals surface area (Å²) in [7, 11) is 2.08. The van der Waals surface area contributed by atoms with Crippen LogP contribution in [0.4, 0.5) is 0 Å². The quantitative estimate of drug-likeness (QED) is 0.789. The highest BCUT2D eigenvalue weighted by molar-refractivity contribution is 4.87. The maximum absolute atomic E-state index is 3.32. The van der Waals surface area contributed by atoms with Crippen LogP contribution in [0.2, 0.25) is 0 Å². The van der Waals surface area contributed by atoms with Crippen molar-refractivity contribution in [3.8, 4) is 0 Å². The second-order valence-corrected chi connectivity index (χ2v) is 5.70. The molecule has 1 heterocycles. The highest BCUT2D eigenvalue weighted by Crippen LogP contribution is 2.34. The predicted molar refractivity (Wildman–Crippen MR) is 69.6 cm³/mol. The largest absolute Gasteiger partial charge is 0.319 e. The number of hydrogen-bond donors (Lipinski definition) is 1. The van der Waals surface area contributed by atoms with Crippen molar-refractivity contribution in [2.45, 2.75) is 51.5 Å². The number of rotatable bonds is 4. The van der Waals surface area contributed by atoms with Gasteiger partial charge in [-0.2, -0.15) is 0 Å².